The van der Waals surface area contributed by atoms with Crippen molar-refractivity contribution in [1.29, 1.82) is 0 Å². The molecule has 16 heavy (non-hydrogen) atoms. The van der Waals surface area contributed by atoms with E-state index in [0.717, 1.165) is 30.6 Å². The van der Waals surface area contributed by atoms with Crippen molar-refractivity contribution in [2.75, 3.05) is 7.11 Å². The molecule has 1 aromatic rings. The van der Waals surface area contributed by atoms with Crippen molar-refractivity contribution in [2.45, 2.75) is 24.9 Å². The van der Waals surface area contributed by atoms with E-state index in [9.17, 15) is 4.79 Å². The molecule has 1 aromatic carbocycles. The zero-order valence-corrected chi connectivity index (χ0v) is 9.23. The first-order chi connectivity index (χ1) is 7.75. The molecule has 3 nitrogen and oxygen atoms in total. The normalized spacial score (nSPS) is 31.6. The molecule has 2 fully saturated rings. The molecule has 2 bridgehead atoms. The summed E-state index contributed by atoms with van der Waals surface area (Å²) in [5.74, 6) is 0.875. The average molecular weight is 218 g/mol. The van der Waals surface area contributed by atoms with Gasteiger partial charge in [-0.2, -0.15) is 0 Å². The molecule has 0 spiro atoms. The first kappa shape index (κ1) is 9.70. The Morgan fingerprint density at radius 1 is 1.44 bits per heavy atom. The molecule has 1 saturated heterocycles. The summed E-state index contributed by atoms with van der Waals surface area (Å²) in [4.78, 5) is 11.6. The third-order valence-electron chi connectivity index (χ3n) is 3.70. The number of carbonyl (C=O) groups excluding carboxylic acids is 1. The average Bonchev–Trinajstić information content (AvgIpc) is 2.87. The Labute approximate surface area is 94.4 Å². The molecule has 2 aliphatic rings. The van der Waals surface area contributed by atoms with E-state index in [0.29, 0.717) is 0 Å². The van der Waals surface area contributed by atoms with Crippen LogP contribution in [0.2, 0.25) is 0 Å². The fourth-order valence-corrected chi connectivity index (χ4v) is 2.90. The number of carbonyl (C=O) groups is 1. The summed E-state index contributed by atoms with van der Waals surface area (Å²) in [6.07, 6.45) is 2.67. The highest BCUT2D eigenvalue weighted by molar-refractivity contribution is 5.77. The van der Waals surface area contributed by atoms with Crippen LogP contribution in [-0.2, 0) is 15.1 Å². The van der Waals surface area contributed by atoms with E-state index < -0.39 is 5.60 Å². The van der Waals surface area contributed by atoms with Gasteiger partial charge in [-0.15, -0.1) is 0 Å². The van der Waals surface area contributed by atoms with Gasteiger partial charge in [0.05, 0.1) is 13.0 Å². The SMILES string of the molecule is COc1ccccc1[C@@]12CC[C@@H](C1)C(=O)O2. The topological polar surface area (TPSA) is 35.5 Å². The lowest BCUT2D eigenvalue weighted by Crippen LogP contribution is -2.26. The minimum absolute atomic E-state index is 0.0443. The van der Waals surface area contributed by atoms with E-state index in [1.54, 1.807) is 7.11 Å². The van der Waals surface area contributed by atoms with Crippen molar-refractivity contribution in [1.82, 2.24) is 0 Å². The van der Waals surface area contributed by atoms with E-state index in [1.165, 1.54) is 0 Å². The maximum Gasteiger partial charge on any atom is 0.309 e. The highest BCUT2D eigenvalue weighted by atomic mass is 16.6. The molecule has 1 heterocycles. The molecule has 0 aromatic heterocycles. The Morgan fingerprint density at radius 2 is 2.25 bits per heavy atom. The Balaban J connectivity index is 2.06. The Hall–Kier alpha value is -1.51. The van der Waals surface area contributed by atoms with Gasteiger partial charge in [0, 0.05) is 12.0 Å². The predicted molar refractivity (Wildman–Crippen MR) is 58.1 cm³/mol. The van der Waals surface area contributed by atoms with E-state index in [1.807, 2.05) is 24.3 Å². The largest absolute Gasteiger partial charge is 0.496 e. The van der Waals surface area contributed by atoms with Crippen LogP contribution in [0.15, 0.2) is 24.3 Å². The number of methoxy groups -OCH3 is 1. The second-order valence-electron chi connectivity index (χ2n) is 4.56. The van der Waals surface area contributed by atoms with Crippen LogP contribution in [0.3, 0.4) is 0 Å². The summed E-state index contributed by atoms with van der Waals surface area (Å²) < 4.78 is 10.9. The Morgan fingerprint density at radius 3 is 2.88 bits per heavy atom. The monoisotopic (exact) mass is 218 g/mol. The van der Waals surface area contributed by atoms with Crippen molar-refractivity contribution >= 4 is 5.97 Å². The van der Waals surface area contributed by atoms with Gasteiger partial charge in [0.1, 0.15) is 11.4 Å². The van der Waals surface area contributed by atoms with E-state index >= 15 is 0 Å². The van der Waals surface area contributed by atoms with Crippen LogP contribution >= 0.6 is 0 Å². The molecular weight excluding hydrogens is 204 g/mol. The smallest absolute Gasteiger partial charge is 0.309 e. The van der Waals surface area contributed by atoms with E-state index in [2.05, 4.69) is 0 Å². The van der Waals surface area contributed by atoms with Gasteiger partial charge in [0.25, 0.3) is 0 Å². The van der Waals surface area contributed by atoms with Gasteiger partial charge in [-0.1, -0.05) is 18.2 Å². The van der Waals surface area contributed by atoms with Crippen molar-refractivity contribution in [3.05, 3.63) is 29.8 Å². The minimum atomic E-state index is -0.408. The summed E-state index contributed by atoms with van der Waals surface area (Å²) in [6, 6.07) is 7.82. The van der Waals surface area contributed by atoms with Crippen LogP contribution in [-0.4, -0.2) is 13.1 Å². The maximum absolute atomic E-state index is 11.6. The molecule has 1 saturated carbocycles. The summed E-state index contributed by atoms with van der Waals surface area (Å²) in [6.45, 7) is 0. The summed E-state index contributed by atoms with van der Waals surface area (Å²) in [5.41, 5.74) is 0.611. The molecule has 0 N–H and O–H groups in total. The summed E-state index contributed by atoms with van der Waals surface area (Å²) >= 11 is 0. The van der Waals surface area contributed by atoms with Gasteiger partial charge < -0.3 is 9.47 Å². The molecule has 3 rings (SSSR count). The lowest BCUT2D eigenvalue weighted by atomic mass is 9.91. The fourth-order valence-electron chi connectivity index (χ4n) is 2.90. The molecule has 84 valence electrons. The zero-order valence-electron chi connectivity index (χ0n) is 9.23. The Kier molecular flexibility index (Phi) is 1.96. The number of esters is 1. The number of rotatable bonds is 2. The van der Waals surface area contributed by atoms with Crippen LogP contribution in [0.1, 0.15) is 24.8 Å². The number of para-hydroxylation sites is 1. The van der Waals surface area contributed by atoms with Crippen LogP contribution in [0.25, 0.3) is 0 Å². The molecule has 2 atom stereocenters. The maximum atomic E-state index is 11.6. The molecular formula is C13H14O3. The van der Waals surface area contributed by atoms with Gasteiger partial charge in [0.15, 0.2) is 0 Å². The van der Waals surface area contributed by atoms with Crippen LogP contribution in [0.4, 0.5) is 0 Å². The lowest BCUT2D eigenvalue weighted by molar-refractivity contribution is -0.156. The third-order valence-corrected chi connectivity index (χ3v) is 3.70. The second-order valence-corrected chi connectivity index (χ2v) is 4.56. The van der Waals surface area contributed by atoms with Gasteiger partial charge >= 0.3 is 5.97 Å². The summed E-state index contributed by atoms with van der Waals surface area (Å²) in [7, 11) is 1.65. The third kappa shape index (κ3) is 1.17. The predicted octanol–water partition coefficient (Wildman–Crippen LogP) is 2.25. The molecule has 0 unspecified atom stereocenters. The van der Waals surface area contributed by atoms with Crippen LogP contribution in [0, 0.1) is 5.92 Å². The number of ether oxygens (including phenoxy) is 2. The van der Waals surface area contributed by atoms with Crippen LogP contribution < -0.4 is 4.74 Å². The van der Waals surface area contributed by atoms with Crippen molar-refractivity contribution in [3.8, 4) is 5.75 Å². The van der Waals surface area contributed by atoms with E-state index in [-0.39, 0.29) is 11.9 Å². The minimum Gasteiger partial charge on any atom is -0.496 e. The van der Waals surface area contributed by atoms with Gasteiger partial charge in [0.2, 0.25) is 0 Å². The first-order valence-electron chi connectivity index (χ1n) is 5.61. The van der Waals surface area contributed by atoms with Crippen LogP contribution in [0.5, 0.6) is 5.75 Å². The highest BCUT2D eigenvalue weighted by Gasteiger charge is 2.54. The highest BCUT2D eigenvalue weighted by Crippen LogP contribution is 2.53. The Bertz CT molecular complexity index is 441. The van der Waals surface area contributed by atoms with Gasteiger partial charge in [-0.05, 0) is 18.9 Å². The number of fused-ring (bicyclic) bond motifs is 2. The molecule has 0 amide bonds. The second kappa shape index (κ2) is 3.24. The first-order valence-corrected chi connectivity index (χ1v) is 5.61. The van der Waals surface area contributed by atoms with Gasteiger partial charge in [-0.3, -0.25) is 4.79 Å². The number of hydrogen-bond donors (Lipinski definition) is 0. The fraction of sp³-hybridized carbons (Fsp3) is 0.462. The van der Waals surface area contributed by atoms with Crippen molar-refractivity contribution in [2.24, 2.45) is 5.92 Å². The molecule has 1 aliphatic heterocycles. The standard InChI is InChI=1S/C13H14O3/c1-15-11-5-3-2-4-10(11)13-7-6-9(8-13)12(14)16-13/h2-5,9H,6-8H2,1H3/t9-,13+/m0/s1. The lowest BCUT2D eigenvalue weighted by Gasteiger charge is -2.28. The summed E-state index contributed by atoms with van der Waals surface area (Å²) in [5, 5.41) is 0. The van der Waals surface area contributed by atoms with E-state index in [4.69, 9.17) is 9.47 Å². The van der Waals surface area contributed by atoms with Crippen molar-refractivity contribution < 1.29 is 14.3 Å². The van der Waals surface area contributed by atoms with Gasteiger partial charge in [-0.25, -0.2) is 0 Å². The molecule has 3 heteroatoms. The van der Waals surface area contributed by atoms with Crippen molar-refractivity contribution in [3.63, 3.8) is 0 Å². The molecule has 1 aliphatic carbocycles. The number of benzene rings is 1. The molecule has 0 radical (unpaired) electrons. The number of hydrogen-bond acceptors (Lipinski definition) is 3. The quantitative estimate of drug-likeness (QED) is 0.714. The zero-order chi connectivity index (χ0) is 11.2.